The number of carbonyl (C=O) groups is 2. The maximum Gasteiger partial charge on any atom is 0.313 e. The van der Waals surface area contributed by atoms with Crippen LogP contribution in [-0.2, 0) is 9.59 Å². The summed E-state index contributed by atoms with van der Waals surface area (Å²) in [5.74, 6) is -0.508. The van der Waals surface area contributed by atoms with Gasteiger partial charge in [0.15, 0.2) is 0 Å². The number of ether oxygens (including phenoxy) is 1. The lowest BCUT2D eigenvalue weighted by molar-refractivity contribution is -0.136. The van der Waals surface area contributed by atoms with E-state index in [-0.39, 0.29) is 6.04 Å². The van der Waals surface area contributed by atoms with Gasteiger partial charge in [0.25, 0.3) is 0 Å². The fourth-order valence-electron chi connectivity index (χ4n) is 3.51. The highest BCUT2D eigenvalue weighted by Crippen LogP contribution is 2.24. The van der Waals surface area contributed by atoms with Crippen molar-refractivity contribution in [3.63, 3.8) is 0 Å². The fourth-order valence-corrected chi connectivity index (χ4v) is 3.51. The van der Waals surface area contributed by atoms with Gasteiger partial charge in [-0.05, 0) is 43.8 Å². The molecule has 0 bridgehead atoms. The second-order valence-corrected chi connectivity index (χ2v) is 7.66. The third kappa shape index (κ3) is 5.81. The number of likely N-dealkylation sites (N-methyl/N-ethyl adjacent to an activating group) is 1. The number of amides is 2. The minimum absolute atomic E-state index is 0.0132. The van der Waals surface area contributed by atoms with Gasteiger partial charge in [0.1, 0.15) is 5.75 Å². The largest absolute Gasteiger partial charge is 0.497 e. The molecule has 1 saturated heterocycles. The third-order valence-electron chi connectivity index (χ3n) is 5.45. The zero-order valence-corrected chi connectivity index (χ0v) is 17.9. The Balaban J connectivity index is 1.65. The van der Waals surface area contributed by atoms with Crippen LogP contribution < -0.4 is 15.4 Å². The van der Waals surface area contributed by atoms with Crippen molar-refractivity contribution in [2.24, 2.45) is 0 Å². The topological polar surface area (TPSA) is 73.9 Å². The summed E-state index contributed by atoms with van der Waals surface area (Å²) in [7, 11) is 3.75. The van der Waals surface area contributed by atoms with Gasteiger partial charge in [-0.1, -0.05) is 29.8 Å². The van der Waals surface area contributed by atoms with Crippen LogP contribution in [0.4, 0.5) is 5.69 Å². The molecule has 30 heavy (non-hydrogen) atoms. The maximum atomic E-state index is 12.4. The summed E-state index contributed by atoms with van der Waals surface area (Å²) in [6.07, 6.45) is 0. The van der Waals surface area contributed by atoms with E-state index in [2.05, 4.69) is 27.5 Å². The lowest BCUT2D eigenvalue weighted by Crippen LogP contribution is -2.49. The molecule has 1 heterocycles. The van der Waals surface area contributed by atoms with Crippen molar-refractivity contribution in [1.82, 2.24) is 15.1 Å². The summed E-state index contributed by atoms with van der Waals surface area (Å²) in [6.45, 7) is 6.06. The number of hydrogen-bond acceptors (Lipinski definition) is 5. The molecule has 0 spiro atoms. The normalized spacial score (nSPS) is 16.0. The molecule has 7 heteroatoms. The minimum atomic E-state index is -0.661. The first-order valence-electron chi connectivity index (χ1n) is 10.2. The van der Waals surface area contributed by atoms with Crippen molar-refractivity contribution < 1.29 is 14.3 Å². The summed E-state index contributed by atoms with van der Waals surface area (Å²) >= 11 is 0. The molecule has 160 valence electrons. The van der Waals surface area contributed by atoms with Crippen LogP contribution in [0.5, 0.6) is 5.75 Å². The first-order chi connectivity index (χ1) is 14.5. The molecular formula is C23H30N4O3. The summed E-state index contributed by atoms with van der Waals surface area (Å²) in [5, 5.41) is 5.46. The van der Waals surface area contributed by atoms with E-state index >= 15 is 0 Å². The highest BCUT2D eigenvalue weighted by atomic mass is 16.5. The Morgan fingerprint density at radius 3 is 2.20 bits per heavy atom. The summed E-state index contributed by atoms with van der Waals surface area (Å²) in [6, 6.07) is 15.2. The predicted molar refractivity (Wildman–Crippen MR) is 118 cm³/mol. The molecule has 0 aliphatic carbocycles. The Morgan fingerprint density at radius 1 is 0.967 bits per heavy atom. The predicted octanol–water partition coefficient (Wildman–Crippen LogP) is 2.05. The molecule has 2 aromatic rings. The number of anilines is 1. The van der Waals surface area contributed by atoms with Gasteiger partial charge in [0.2, 0.25) is 0 Å². The van der Waals surface area contributed by atoms with Gasteiger partial charge in [-0.15, -0.1) is 0 Å². The van der Waals surface area contributed by atoms with E-state index in [0.717, 1.165) is 43.1 Å². The standard InChI is InChI=1S/C23H30N4O3/c1-17-4-8-19(9-5-17)25-23(29)22(28)24-16-21(27-14-12-26(2)13-15-27)18-6-10-20(30-3)11-7-18/h4-11,21H,12-16H2,1-3H3,(H,24,28)(H,25,29). The average Bonchev–Trinajstić information content (AvgIpc) is 2.77. The summed E-state index contributed by atoms with van der Waals surface area (Å²) in [5.41, 5.74) is 2.78. The Labute approximate surface area is 178 Å². The molecular weight excluding hydrogens is 380 g/mol. The highest BCUT2D eigenvalue weighted by molar-refractivity contribution is 6.39. The molecule has 1 unspecified atom stereocenters. The zero-order chi connectivity index (χ0) is 21.5. The lowest BCUT2D eigenvalue weighted by atomic mass is 10.0. The van der Waals surface area contributed by atoms with E-state index in [4.69, 9.17) is 4.74 Å². The van der Waals surface area contributed by atoms with Crippen LogP contribution in [0.25, 0.3) is 0 Å². The van der Waals surface area contributed by atoms with Gasteiger partial charge in [-0.2, -0.15) is 0 Å². The average molecular weight is 411 g/mol. The molecule has 1 atom stereocenters. The van der Waals surface area contributed by atoms with Gasteiger partial charge >= 0.3 is 11.8 Å². The Hall–Kier alpha value is -2.90. The number of nitrogens with one attached hydrogen (secondary N) is 2. The molecule has 0 aromatic heterocycles. The Morgan fingerprint density at radius 2 is 1.60 bits per heavy atom. The van der Waals surface area contributed by atoms with Crippen LogP contribution in [0, 0.1) is 6.92 Å². The number of benzene rings is 2. The minimum Gasteiger partial charge on any atom is -0.497 e. The second-order valence-electron chi connectivity index (χ2n) is 7.66. The van der Waals surface area contributed by atoms with Crippen molar-refractivity contribution >= 4 is 17.5 Å². The van der Waals surface area contributed by atoms with E-state index in [1.165, 1.54) is 0 Å². The molecule has 0 radical (unpaired) electrons. The second kappa shape index (κ2) is 10.2. The first kappa shape index (κ1) is 21.8. The maximum absolute atomic E-state index is 12.4. The molecule has 2 N–H and O–H groups in total. The van der Waals surface area contributed by atoms with Gasteiger partial charge in [0, 0.05) is 38.4 Å². The summed E-state index contributed by atoms with van der Waals surface area (Å²) < 4.78 is 5.26. The number of aryl methyl sites for hydroxylation is 1. The number of piperazine rings is 1. The monoisotopic (exact) mass is 410 g/mol. The van der Waals surface area contributed by atoms with Crippen LogP contribution >= 0.6 is 0 Å². The molecule has 3 rings (SSSR count). The Bertz CT molecular complexity index is 844. The molecule has 2 amide bonds. The Kier molecular flexibility index (Phi) is 7.43. The zero-order valence-electron chi connectivity index (χ0n) is 17.9. The smallest absolute Gasteiger partial charge is 0.313 e. The van der Waals surface area contributed by atoms with Crippen molar-refractivity contribution in [2.75, 3.05) is 52.2 Å². The lowest BCUT2D eigenvalue weighted by Gasteiger charge is -2.38. The molecule has 1 fully saturated rings. The van der Waals surface area contributed by atoms with Crippen LogP contribution in [-0.4, -0.2) is 68.5 Å². The van der Waals surface area contributed by atoms with Crippen molar-refractivity contribution in [2.45, 2.75) is 13.0 Å². The van der Waals surface area contributed by atoms with Crippen molar-refractivity contribution in [3.8, 4) is 5.75 Å². The quantitative estimate of drug-likeness (QED) is 0.713. The van der Waals surface area contributed by atoms with Crippen LogP contribution in [0.3, 0.4) is 0 Å². The SMILES string of the molecule is COc1ccc(C(CNC(=O)C(=O)Nc2ccc(C)cc2)N2CCN(C)CC2)cc1. The molecule has 0 saturated carbocycles. The van der Waals surface area contributed by atoms with Gasteiger partial charge in [0.05, 0.1) is 13.2 Å². The van der Waals surface area contributed by atoms with Gasteiger partial charge in [-0.3, -0.25) is 14.5 Å². The molecule has 2 aromatic carbocycles. The first-order valence-corrected chi connectivity index (χ1v) is 10.2. The van der Waals surface area contributed by atoms with E-state index in [0.29, 0.717) is 12.2 Å². The number of hydrogen-bond donors (Lipinski definition) is 2. The summed E-state index contributed by atoms with van der Waals surface area (Å²) in [4.78, 5) is 29.3. The van der Waals surface area contributed by atoms with Gasteiger partial charge in [-0.25, -0.2) is 0 Å². The van der Waals surface area contributed by atoms with Crippen molar-refractivity contribution in [3.05, 3.63) is 59.7 Å². The van der Waals surface area contributed by atoms with Crippen LogP contribution in [0.2, 0.25) is 0 Å². The number of nitrogens with zero attached hydrogens (tertiary/aromatic N) is 2. The van der Waals surface area contributed by atoms with E-state index in [1.807, 2.05) is 43.3 Å². The van der Waals surface area contributed by atoms with Crippen molar-refractivity contribution in [1.29, 1.82) is 0 Å². The van der Waals surface area contributed by atoms with Crippen LogP contribution in [0.1, 0.15) is 17.2 Å². The van der Waals surface area contributed by atoms with E-state index in [1.54, 1.807) is 19.2 Å². The molecule has 1 aliphatic rings. The number of methoxy groups -OCH3 is 1. The van der Waals surface area contributed by atoms with E-state index in [9.17, 15) is 9.59 Å². The van der Waals surface area contributed by atoms with Crippen LogP contribution in [0.15, 0.2) is 48.5 Å². The highest BCUT2D eigenvalue weighted by Gasteiger charge is 2.25. The van der Waals surface area contributed by atoms with E-state index < -0.39 is 11.8 Å². The molecule has 7 nitrogen and oxygen atoms in total. The van der Waals surface area contributed by atoms with Gasteiger partial charge < -0.3 is 20.3 Å². The fraction of sp³-hybridized carbons (Fsp3) is 0.391. The number of rotatable bonds is 6. The molecule has 1 aliphatic heterocycles. The number of carbonyl (C=O) groups excluding carboxylic acids is 2. The third-order valence-corrected chi connectivity index (χ3v) is 5.45.